The summed E-state index contributed by atoms with van der Waals surface area (Å²) in [5.74, 6) is 1.45. The second kappa shape index (κ2) is 10.5. The first kappa shape index (κ1) is 24.2. The number of nitriles is 1. The van der Waals surface area contributed by atoms with Gasteiger partial charge >= 0.3 is 0 Å². The molecule has 3 N–H and O–H groups in total. The monoisotopic (exact) mass is 468 g/mol. The van der Waals surface area contributed by atoms with Gasteiger partial charge in [-0.1, -0.05) is 18.2 Å². The van der Waals surface area contributed by atoms with Crippen molar-refractivity contribution in [3.8, 4) is 28.5 Å². The van der Waals surface area contributed by atoms with Crippen molar-refractivity contribution in [1.82, 2.24) is 14.9 Å². The van der Waals surface area contributed by atoms with Gasteiger partial charge in [0, 0.05) is 56.3 Å². The molecule has 0 spiro atoms. The molecule has 1 saturated heterocycles. The van der Waals surface area contributed by atoms with E-state index in [1.165, 1.54) is 0 Å². The van der Waals surface area contributed by atoms with E-state index in [0.717, 1.165) is 59.7 Å². The molecule has 3 aromatic rings. The van der Waals surface area contributed by atoms with Crippen LogP contribution in [0.1, 0.15) is 24.0 Å². The van der Waals surface area contributed by atoms with Crippen molar-refractivity contribution in [2.24, 2.45) is 4.99 Å². The zero-order chi connectivity index (χ0) is 24.9. The molecule has 0 amide bonds. The van der Waals surface area contributed by atoms with Crippen LogP contribution >= 0.6 is 0 Å². The number of nitrogens with one attached hydrogen (secondary N) is 1. The highest BCUT2D eigenvalue weighted by Gasteiger charge is 2.25. The summed E-state index contributed by atoms with van der Waals surface area (Å²) in [6.45, 7) is 1.80. The van der Waals surface area contributed by atoms with Gasteiger partial charge in [-0.2, -0.15) is 10.2 Å². The van der Waals surface area contributed by atoms with Gasteiger partial charge in [0.15, 0.2) is 0 Å². The number of aromatic nitrogens is 2. The lowest BCUT2D eigenvalue weighted by atomic mass is 9.97. The van der Waals surface area contributed by atoms with E-state index in [0.29, 0.717) is 23.2 Å². The molecule has 0 unspecified atom stereocenters. The molecule has 2 aromatic carbocycles. The molecule has 1 fully saturated rings. The second-order valence-corrected chi connectivity index (χ2v) is 8.95. The van der Waals surface area contributed by atoms with Crippen LogP contribution in [0.25, 0.3) is 22.4 Å². The minimum atomic E-state index is 0.570. The second-order valence-electron chi connectivity index (χ2n) is 8.95. The first-order valence-electron chi connectivity index (χ1n) is 11.8. The summed E-state index contributed by atoms with van der Waals surface area (Å²) >= 11 is 0. The van der Waals surface area contributed by atoms with Crippen LogP contribution in [0.2, 0.25) is 0 Å². The fraction of sp³-hybridized carbons (Fsp3) is 0.333. The van der Waals surface area contributed by atoms with Gasteiger partial charge in [0.05, 0.1) is 22.9 Å². The highest BCUT2D eigenvalue weighted by Crippen LogP contribution is 2.38. The van der Waals surface area contributed by atoms with Crippen molar-refractivity contribution in [2.45, 2.75) is 18.9 Å². The lowest BCUT2D eigenvalue weighted by Crippen LogP contribution is -2.42. The lowest BCUT2D eigenvalue weighted by Gasteiger charge is -2.35. The normalized spacial score (nSPS) is 14.5. The Bertz CT molecular complexity index is 1250. The molecule has 1 aliphatic rings. The summed E-state index contributed by atoms with van der Waals surface area (Å²) in [5, 5.41) is 12.6. The largest absolute Gasteiger partial charge is 0.398 e. The number of hydrogen-bond acceptors (Lipinski definition) is 8. The maximum atomic E-state index is 9.28. The van der Waals surface area contributed by atoms with E-state index in [1.807, 2.05) is 49.5 Å². The Morgan fingerprint density at radius 2 is 1.80 bits per heavy atom. The minimum Gasteiger partial charge on any atom is -0.398 e. The van der Waals surface area contributed by atoms with E-state index >= 15 is 0 Å². The zero-order valence-corrected chi connectivity index (χ0v) is 20.8. The molecular weight excluding hydrogens is 436 g/mol. The van der Waals surface area contributed by atoms with E-state index in [2.05, 4.69) is 40.3 Å². The number of nitrogens with zero attached hydrogens (tertiary/aromatic N) is 6. The molecule has 0 aliphatic carbocycles. The van der Waals surface area contributed by atoms with E-state index < -0.39 is 0 Å². The Labute approximate surface area is 207 Å². The van der Waals surface area contributed by atoms with Gasteiger partial charge in [0.1, 0.15) is 5.82 Å². The number of aliphatic imine (C=N–C) groups is 1. The number of anilines is 3. The quantitative estimate of drug-likeness (QED) is 0.418. The number of nitrogens with two attached hydrogens (primary N) is 1. The highest BCUT2D eigenvalue weighted by molar-refractivity contribution is 5.94. The van der Waals surface area contributed by atoms with Crippen LogP contribution in [-0.4, -0.2) is 68.4 Å². The van der Waals surface area contributed by atoms with Gasteiger partial charge < -0.3 is 20.9 Å². The van der Waals surface area contributed by atoms with Gasteiger partial charge in [-0.3, -0.25) is 4.99 Å². The summed E-state index contributed by atoms with van der Waals surface area (Å²) in [4.78, 5) is 18.7. The predicted molar refractivity (Wildman–Crippen MR) is 144 cm³/mol. The Kier molecular flexibility index (Phi) is 7.28. The third kappa shape index (κ3) is 5.10. The summed E-state index contributed by atoms with van der Waals surface area (Å²) in [6, 6.07) is 16.2. The third-order valence-electron chi connectivity index (χ3n) is 6.54. The maximum Gasteiger partial charge on any atom is 0.227 e. The maximum absolute atomic E-state index is 9.28. The van der Waals surface area contributed by atoms with E-state index in [1.54, 1.807) is 13.3 Å². The van der Waals surface area contributed by atoms with Crippen LogP contribution in [-0.2, 0) is 0 Å². The van der Waals surface area contributed by atoms with E-state index in [4.69, 9.17) is 15.7 Å². The zero-order valence-electron chi connectivity index (χ0n) is 20.8. The van der Waals surface area contributed by atoms with Gasteiger partial charge in [0.25, 0.3) is 0 Å². The molecule has 0 radical (unpaired) electrons. The first-order chi connectivity index (χ1) is 16.9. The summed E-state index contributed by atoms with van der Waals surface area (Å²) < 4.78 is 0. The van der Waals surface area contributed by atoms with Crippen molar-refractivity contribution >= 4 is 23.7 Å². The fourth-order valence-electron chi connectivity index (χ4n) is 4.52. The summed E-state index contributed by atoms with van der Waals surface area (Å²) in [5.41, 5.74) is 11.8. The SMILES string of the molecule is CN=Cc1cc(-c2c(NC)nc(N3CCC(N(C)C)CC3)nc2-c2ccc(C#N)cc2)ccc1N. The van der Waals surface area contributed by atoms with Gasteiger partial charge in [0.2, 0.25) is 5.95 Å². The number of nitrogen functional groups attached to an aromatic ring is 1. The van der Waals surface area contributed by atoms with Gasteiger partial charge in [-0.05, 0) is 56.8 Å². The van der Waals surface area contributed by atoms with Crippen molar-refractivity contribution in [2.75, 3.05) is 57.2 Å². The molecule has 4 rings (SSSR count). The van der Waals surface area contributed by atoms with Crippen LogP contribution in [0.5, 0.6) is 0 Å². The fourth-order valence-corrected chi connectivity index (χ4v) is 4.52. The average molecular weight is 469 g/mol. The van der Waals surface area contributed by atoms with Crippen LogP contribution in [0.3, 0.4) is 0 Å². The van der Waals surface area contributed by atoms with Gasteiger partial charge in [-0.15, -0.1) is 0 Å². The topological polar surface area (TPSA) is 106 Å². The van der Waals surface area contributed by atoms with E-state index in [-0.39, 0.29) is 0 Å². The number of piperidine rings is 1. The average Bonchev–Trinajstić information content (AvgIpc) is 2.89. The van der Waals surface area contributed by atoms with Crippen LogP contribution in [0, 0.1) is 11.3 Å². The molecule has 1 aromatic heterocycles. The Balaban J connectivity index is 1.87. The molecular formula is C27H32N8. The number of hydrogen-bond donors (Lipinski definition) is 2. The molecule has 0 atom stereocenters. The Morgan fingerprint density at radius 3 is 2.40 bits per heavy atom. The minimum absolute atomic E-state index is 0.570. The van der Waals surface area contributed by atoms with Crippen LogP contribution < -0.4 is 16.0 Å². The molecule has 1 aliphatic heterocycles. The Hall–Kier alpha value is -3.96. The van der Waals surface area contributed by atoms with E-state index in [9.17, 15) is 5.26 Å². The molecule has 0 bridgehead atoms. The van der Waals surface area contributed by atoms with Gasteiger partial charge in [-0.25, -0.2) is 4.98 Å². The molecule has 8 heteroatoms. The number of rotatable bonds is 6. The standard InChI is InChI=1S/C27H32N8/c1-30-17-21-15-20(9-10-23(21)29)24-25(19-7-5-18(16-28)6-8-19)32-27(33-26(24)31-2)35-13-11-22(12-14-35)34(3)4/h5-10,15,17,22H,11-14,29H2,1-4H3,(H,31,32,33). The molecule has 180 valence electrons. The van der Waals surface area contributed by atoms with Crippen molar-refractivity contribution in [3.05, 3.63) is 53.6 Å². The Morgan fingerprint density at radius 1 is 1.11 bits per heavy atom. The molecule has 8 nitrogen and oxygen atoms in total. The molecule has 2 heterocycles. The molecule has 35 heavy (non-hydrogen) atoms. The van der Waals surface area contributed by atoms with Crippen LogP contribution in [0.15, 0.2) is 47.5 Å². The predicted octanol–water partition coefficient (Wildman–Crippen LogP) is 3.89. The van der Waals surface area contributed by atoms with Crippen molar-refractivity contribution in [3.63, 3.8) is 0 Å². The van der Waals surface area contributed by atoms with Crippen molar-refractivity contribution < 1.29 is 0 Å². The number of benzene rings is 2. The highest BCUT2D eigenvalue weighted by atomic mass is 15.3. The molecule has 0 saturated carbocycles. The first-order valence-corrected chi connectivity index (χ1v) is 11.8. The summed E-state index contributed by atoms with van der Waals surface area (Å²) in [6.07, 6.45) is 3.89. The lowest BCUT2D eigenvalue weighted by molar-refractivity contribution is 0.249. The smallest absolute Gasteiger partial charge is 0.227 e. The third-order valence-corrected chi connectivity index (χ3v) is 6.54. The van der Waals surface area contributed by atoms with Crippen LogP contribution in [0.4, 0.5) is 17.5 Å². The summed E-state index contributed by atoms with van der Waals surface area (Å²) in [7, 11) is 7.88. The van der Waals surface area contributed by atoms with Crippen molar-refractivity contribution in [1.29, 1.82) is 5.26 Å².